The first kappa shape index (κ1) is 38.9. The lowest BCUT2D eigenvalue weighted by molar-refractivity contribution is -0.120. The van der Waals surface area contributed by atoms with E-state index in [1.807, 2.05) is 0 Å². The molecule has 2 nitrogen and oxygen atoms in total. The van der Waals surface area contributed by atoms with Crippen molar-refractivity contribution in [1.29, 1.82) is 0 Å². The second-order valence-corrected chi connectivity index (χ2v) is 18.0. The predicted molar refractivity (Wildman–Crippen MR) is 202 cm³/mol. The molecule has 9 atom stereocenters. The molecule has 1 N–H and O–H groups in total. The lowest BCUT2D eigenvalue weighted by Gasteiger charge is -2.58. The maximum absolute atomic E-state index is 12.7. The van der Waals surface area contributed by atoms with E-state index in [0.717, 1.165) is 61.7 Å². The number of aliphatic hydroxyl groups is 1. The number of carbonyl (C=O) groups excluding carboxylic acids is 1. The summed E-state index contributed by atoms with van der Waals surface area (Å²) in [6.45, 7) is 12.4. The molecule has 0 aromatic heterocycles. The molecule has 0 bridgehead atoms. The van der Waals surface area contributed by atoms with Crippen LogP contribution in [0, 0.1) is 46.3 Å². The van der Waals surface area contributed by atoms with Crippen LogP contribution < -0.4 is 0 Å². The average molecular weight is 651 g/mol. The minimum absolute atomic E-state index is 0.103. The van der Waals surface area contributed by atoms with Crippen LogP contribution >= 0.6 is 0 Å². The number of hydrogen-bond acceptors (Lipinski definition) is 2. The lowest BCUT2D eigenvalue weighted by Crippen LogP contribution is -2.50. The number of allylic oxidation sites excluding steroid dienone is 3. The van der Waals surface area contributed by atoms with Gasteiger partial charge in [-0.25, -0.2) is 0 Å². The molecule has 0 saturated heterocycles. The standard InChI is InChI=1S/C45H78O2/c1-6-7-8-9-10-11-12-13-14-15-16-17-18-19-20-24-38(46)33-35(2)22-21-23-36(3)41-27-28-42-40-26-25-37-34-39(47)29-31-44(37,4)43(40)30-32-45(41,42)5/h13-14,25,35-36,39-43,47H,6-12,15-24,26-34H2,1-5H3/t35?,36-,39+,40+,41-,42+,43+,44+,45-/m1/s1. The number of Topliss-reactive ketones (excluding diaryl/α,β-unsaturated/α-hetero) is 1. The van der Waals surface area contributed by atoms with E-state index in [0.29, 0.717) is 22.5 Å². The van der Waals surface area contributed by atoms with Crippen molar-refractivity contribution >= 4 is 5.78 Å². The fraction of sp³-hybridized carbons (Fsp3) is 0.889. The lowest BCUT2D eigenvalue weighted by atomic mass is 9.47. The first-order chi connectivity index (χ1) is 22.7. The summed E-state index contributed by atoms with van der Waals surface area (Å²) in [7, 11) is 0. The van der Waals surface area contributed by atoms with Gasteiger partial charge in [-0.1, -0.05) is 129 Å². The van der Waals surface area contributed by atoms with Crippen LogP contribution in [0.15, 0.2) is 23.8 Å². The second kappa shape index (κ2) is 19.5. The highest BCUT2D eigenvalue weighted by molar-refractivity contribution is 5.78. The Morgan fingerprint density at radius 3 is 2.23 bits per heavy atom. The molecule has 270 valence electrons. The van der Waals surface area contributed by atoms with Gasteiger partial charge in [0.1, 0.15) is 5.78 Å². The fourth-order valence-electron chi connectivity index (χ4n) is 11.6. The molecule has 4 aliphatic carbocycles. The van der Waals surface area contributed by atoms with E-state index in [1.54, 1.807) is 5.57 Å². The summed E-state index contributed by atoms with van der Waals surface area (Å²) < 4.78 is 0. The van der Waals surface area contributed by atoms with Gasteiger partial charge in [0.15, 0.2) is 0 Å². The van der Waals surface area contributed by atoms with Crippen molar-refractivity contribution < 1.29 is 9.90 Å². The number of ketones is 1. The smallest absolute Gasteiger partial charge is 0.133 e. The van der Waals surface area contributed by atoms with Crippen molar-refractivity contribution in [3.05, 3.63) is 23.8 Å². The molecule has 47 heavy (non-hydrogen) atoms. The molecule has 0 aliphatic heterocycles. The molecule has 3 fully saturated rings. The van der Waals surface area contributed by atoms with Crippen LogP contribution in [0.5, 0.6) is 0 Å². The molecule has 2 heteroatoms. The monoisotopic (exact) mass is 651 g/mol. The van der Waals surface area contributed by atoms with Gasteiger partial charge in [-0.3, -0.25) is 4.79 Å². The maximum atomic E-state index is 12.7. The Morgan fingerprint density at radius 1 is 0.830 bits per heavy atom. The number of fused-ring (bicyclic) bond motifs is 5. The van der Waals surface area contributed by atoms with E-state index in [-0.39, 0.29) is 6.10 Å². The zero-order chi connectivity index (χ0) is 33.7. The third-order valence-electron chi connectivity index (χ3n) is 14.5. The highest BCUT2D eigenvalue weighted by Crippen LogP contribution is 2.67. The summed E-state index contributed by atoms with van der Waals surface area (Å²) in [5.41, 5.74) is 2.47. The molecule has 0 amide bonds. The molecule has 4 aliphatic rings. The molecule has 0 aromatic carbocycles. The van der Waals surface area contributed by atoms with Crippen LogP contribution in [0.4, 0.5) is 0 Å². The van der Waals surface area contributed by atoms with E-state index in [1.165, 1.54) is 135 Å². The van der Waals surface area contributed by atoms with Gasteiger partial charge in [-0.05, 0) is 130 Å². The van der Waals surface area contributed by atoms with Crippen LogP contribution in [-0.2, 0) is 4.79 Å². The van der Waals surface area contributed by atoms with Crippen LogP contribution in [0.2, 0.25) is 0 Å². The fourth-order valence-corrected chi connectivity index (χ4v) is 11.6. The summed E-state index contributed by atoms with van der Waals surface area (Å²) in [5.74, 6) is 5.32. The molecule has 0 aromatic rings. The van der Waals surface area contributed by atoms with Crippen LogP contribution in [0.3, 0.4) is 0 Å². The Balaban J connectivity index is 1.04. The number of rotatable bonds is 22. The number of aliphatic hydroxyl groups excluding tert-OH is 1. The predicted octanol–water partition coefficient (Wildman–Crippen LogP) is 13.4. The normalized spacial score (nSPS) is 33.2. The highest BCUT2D eigenvalue weighted by Gasteiger charge is 2.59. The Bertz CT molecular complexity index is 978. The summed E-state index contributed by atoms with van der Waals surface area (Å²) in [6, 6.07) is 0. The second-order valence-electron chi connectivity index (χ2n) is 18.0. The Hall–Kier alpha value is -0.890. The molecule has 1 unspecified atom stereocenters. The minimum atomic E-state index is -0.103. The van der Waals surface area contributed by atoms with Gasteiger partial charge in [0.2, 0.25) is 0 Å². The summed E-state index contributed by atoms with van der Waals surface area (Å²) in [4.78, 5) is 12.7. The van der Waals surface area contributed by atoms with Gasteiger partial charge < -0.3 is 5.11 Å². The van der Waals surface area contributed by atoms with Crippen LogP contribution in [0.1, 0.15) is 202 Å². The van der Waals surface area contributed by atoms with Crippen molar-refractivity contribution in [2.75, 3.05) is 0 Å². The average Bonchev–Trinajstić information content (AvgIpc) is 3.40. The molecule has 0 heterocycles. The van der Waals surface area contributed by atoms with Gasteiger partial charge in [0, 0.05) is 12.8 Å². The molecule has 0 radical (unpaired) electrons. The van der Waals surface area contributed by atoms with E-state index in [9.17, 15) is 9.90 Å². The van der Waals surface area contributed by atoms with Gasteiger partial charge in [-0.15, -0.1) is 0 Å². The number of carbonyl (C=O) groups is 1. The van der Waals surface area contributed by atoms with Crippen LogP contribution in [0.25, 0.3) is 0 Å². The van der Waals surface area contributed by atoms with E-state index >= 15 is 0 Å². The zero-order valence-corrected chi connectivity index (χ0v) is 32.0. The van der Waals surface area contributed by atoms with Crippen molar-refractivity contribution in [2.45, 2.75) is 208 Å². The SMILES string of the molecule is CCCCCCCCC=CCCCCCCCC(=O)CC(C)CCC[C@@H](C)[C@H]1CC[C@H]2[C@@H]3CC=C4C[C@@H](O)CC[C@]4(C)[C@H]3CC[C@]12C. The van der Waals surface area contributed by atoms with E-state index < -0.39 is 0 Å². The largest absolute Gasteiger partial charge is 0.393 e. The first-order valence-electron chi connectivity index (χ1n) is 21.2. The van der Waals surface area contributed by atoms with Gasteiger partial charge in [0.05, 0.1) is 6.10 Å². The molecule has 3 saturated carbocycles. The Kier molecular flexibility index (Phi) is 16.1. The van der Waals surface area contributed by atoms with Crippen molar-refractivity contribution in [3.8, 4) is 0 Å². The van der Waals surface area contributed by atoms with Gasteiger partial charge in [0.25, 0.3) is 0 Å². The van der Waals surface area contributed by atoms with E-state index in [2.05, 4.69) is 52.8 Å². The maximum Gasteiger partial charge on any atom is 0.133 e. The summed E-state index contributed by atoms with van der Waals surface area (Å²) in [5, 5.41) is 10.3. The Morgan fingerprint density at radius 2 is 1.51 bits per heavy atom. The minimum Gasteiger partial charge on any atom is -0.393 e. The first-order valence-corrected chi connectivity index (χ1v) is 21.2. The van der Waals surface area contributed by atoms with Crippen LogP contribution in [-0.4, -0.2) is 17.0 Å². The molecular formula is C45H78O2. The third kappa shape index (κ3) is 10.8. The van der Waals surface area contributed by atoms with E-state index in [4.69, 9.17) is 0 Å². The molecule has 0 spiro atoms. The quantitative estimate of drug-likeness (QED) is 0.0935. The number of hydrogen-bond donors (Lipinski definition) is 1. The highest BCUT2D eigenvalue weighted by atomic mass is 16.3. The van der Waals surface area contributed by atoms with Gasteiger partial charge in [-0.2, -0.15) is 0 Å². The number of unbranched alkanes of at least 4 members (excludes halogenated alkanes) is 11. The zero-order valence-electron chi connectivity index (χ0n) is 32.0. The van der Waals surface area contributed by atoms with Crippen molar-refractivity contribution in [1.82, 2.24) is 0 Å². The molecule has 4 rings (SSSR count). The molecular weight excluding hydrogens is 572 g/mol. The summed E-state index contributed by atoms with van der Waals surface area (Å²) >= 11 is 0. The van der Waals surface area contributed by atoms with Crippen molar-refractivity contribution in [2.24, 2.45) is 46.3 Å². The topological polar surface area (TPSA) is 37.3 Å². The third-order valence-corrected chi connectivity index (χ3v) is 14.5. The summed E-state index contributed by atoms with van der Waals surface area (Å²) in [6.07, 6.45) is 39.9. The Labute approximate surface area is 292 Å². The van der Waals surface area contributed by atoms with Crippen molar-refractivity contribution in [3.63, 3.8) is 0 Å². The van der Waals surface area contributed by atoms with Gasteiger partial charge >= 0.3 is 0 Å².